The fourth-order valence-electron chi connectivity index (χ4n) is 3.22. The maximum Gasteiger partial charge on any atom is 0.251 e. The van der Waals surface area contributed by atoms with E-state index in [2.05, 4.69) is 16.0 Å². The Balaban J connectivity index is 1.67. The molecule has 1 aliphatic rings. The van der Waals surface area contributed by atoms with E-state index in [9.17, 15) is 9.59 Å². The molecule has 3 rings (SSSR count). The topological polar surface area (TPSA) is 70.2 Å². The van der Waals surface area contributed by atoms with Crippen molar-refractivity contribution in [3.8, 4) is 0 Å². The highest BCUT2D eigenvalue weighted by Crippen LogP contribution is 2.18. The predicted molar refractivity (Wildman–Crippen MR) is 102 cm³/mol. The second kappa shape index (κ2) is 9.15. The van der Waals surface area contributed by atoms with Crippen LogP contribution in [0.4, 0.5) is 0 Å². The summed E-state index contributed by atoms with van der Waals surface area (Å²) in [7, 11) is 0. The highest BCUT2D eigenvalue weighted by molar-refractivity contribution is 5.94. The Morgan fingerprint density at radius 3 is 2.38 bits per heavy atom. The molecule has 2 aromatic carbocycles. The van der Waals surface area contributed by atoms with Crippen LogP contribution in [-0.2, 0) is 4.79 Å². The molecule has 3 N–H and O–H groups in total. The zero-order valence-electron chi connectivity index (χ0n) is 14.8. The van der Waals surface area contributed by atoms with E-state index in [0.717, 1.165) is 31.5 Å². The van der Waals surface area contributed by atoms with Gasteiger partial charge in [-0.3, -0.25) is 9.59 Å². The molecule has 1 fully saturated rings. The molecule has 0 bridgehead atoms. The number of hydrogen-bond acceptors (Lipinski definition) is 3. The summed E-state index contributed by atoms with van der Waals surface area (Å²) in [5, 5.41) is 9.38. The third kappa shape index (κ3) is 5.17. The third-order valence-corrected chi connectivity index (χ3v) is 4.59. The van der Waals surface area contributed by atoms with Crippen LogP contribution in [0.15, 0.2) is 60.7 Å². The van der Waals surface area contributed by atoms with Gasteiger partial charge >= 0.3 is 0 Å². The molecule has 136 valence electrons. The van der Waals surface area contributed by atoms with Crippen LogP contribution < -0.4 is 16.0 Å². The number of hydrogen-bond donors (Lipinski definition) is 3. The highest BCUT2D eigenvalue weighted by atomic mass is 16.2. The molecule has 1 heterocycles. The van der Waals surface area contributed by atoms with Crippen molar-refractivity contribution in [2.45, 2.75) is 31.3 Å². The Labute approximate surface area is 154 Å². The van der Waals surface area contributed by atoms with Crippen LogP contribution in [0.1, 0.15) is 41.2 Å². The third-order valence-electron chi connectivity index (χ3n) is 4.59. The van der Waals surface area contributed by atoms with Gasteiger partial charge in [0.2, 0.25) is 5.91 Å². The monoisotopic (exact) mass is 351 g/mol. The van der Waals surface area contributed by atoms with Gasteiger partial charge in [0.1, 0.15) is 0 Å². The molecule has 0 radical (unpaired) electrons. The normalized spacial score (nSPS) is 17.9. The number of carbonyl (C=O) groups excluding carboxylic acids is 2. The van der Waals surface area contributed by atoms with Crippen molar-refractivity contribution in [3.05, 3.63) is 71.8 Å². The Morgan fingerprint density at radius 2 is 1.73 bits per heavy atom. The molecule has 0 aromatic heterocycles. The Kier molecular flexibility index (Phi) is 6.39. The molecule has 26 heavy (non-hydrogen) atoms. The SMILES string of the molecule is O=C(CC(NC(=O)c1ccccc1)c1ccccc1)N[C@H]1CCCNC1. The molecule has 2 amide bonds. The summed E-state index contributed by atoms with van der Waals surface area (Å²) in [6, 6.07) is 18.5. The first kappa shape index (κ1) is 18.1. The number of benzene rings is 2. The van der Waals surface area contributed by atoms with Crippen LogP contribution in [-0.4, -0.2) is 30.9 Å². The van der Waals surface area contributed by atoms with Crippen LogP contribution in [0.25, 0.3) is 0 Å². The lowest BCUT2D eigenvalue weighted by molar-refractivity contribution is -0.122. The Morgan fingerprint density at radius 1 is 1.04 bits per heavy atom. The lowest BCUT2D eigenvalue weighted by atomic mass is 10.0. The molecule has 0 saturated carbocycles. The van der Waals surface area contributed by atoms with Crippen LogP contribution >= 0.6 is 0 Å². The first-order valence-corrected chi connectivity index (χ1v) is 9.13. The Bertz CT molecular complexity index is 713. The van der Waals surface area contributed by atoms with E-state index in [1.165, 1.54) is 0 Å². The van der Waals surface area contributed by atoms with Crippen molar-refractivity contribution in [1.29, 1.82) is 0 Å². The molecular weight excluding hydrogens is 326 g/mol. The lowest BCUT2D eigenvalue weighted by Gasteiger charge is -2.25. The molecular formula is C21H25N3O2. The minimum Gasteiger partial charge on any atom is -0.352 e. The van der Waals surface area contributed by atoms with Crippen molar-refractivity contribution < 1.29 is 9.59 Å². The number of rotatable bonds is 6. The average molecular weight is 351 g/mol. The fourth-order valence-corrected chi connectivity index (χ4v) is 3.22. The summed E-state index contributed by atoms with van der Waals surface area (Å²) in [6.45, 7) is 1.81. The Hall–Kier alpha value is -2.66. The quantitative estimate of drug-likeness (QED) is 0.748. The van der Waals surface area contributed by atoms with Gasteiger partial charge in [-0.25, -0.2) is 0 Å². The number of piperidine rings is 1. The van der Waals surface area contributed by atoms with Gasteiger partial charge in [-0.15, -0.1) is 0 Å². The minimum absolute atomic E-state index is 0.0408. The molecule has 2 aromatic rings. The second-order valence-corrected chi connectivity index (χ2v) is 6.62. The van der Waals surface area contributed by atoms with E-state index in [0.29, 0.717) is 5.56 Å². The molecule has 1 aliphatic heterocycles. The van der Waals surface area contributed by atoms with Crippen molar-refractivity contribution in [2.24, 2.45) is 0 Å². The predicted octanol–water partition coefficient (Wildman–Crippen LogP) is 2.42. The summed E-state index contributed by atoms with van der Waals surface area (Å²) in [5.74, 6) is -0.215. The standard InChI is InChI=1S/C21H25N3O2/c25-20(23-18-12-7-13-22-15-18)14-19(16-8-3-1-4-9-16)24-21(26)17-10-5-2-6-11-17/h1-6,8-11,18-19,22H,7,12-15H2,(H,23,25)(H,24,26)/t18-,19?/m0/s1. The first-order chi connectivity index (χ1) is 12.7. The van der Waals surface area contributed by atoms with E-state index in [4.69, 9.17) is 0 Å². The van der Waals surface area contributed by atoms with Crippen LogP contribution in [0.2, 0.25) is 0 Å². The van der Waals surface area contributed by atoms with Crippen LogP contribution in [0, 0.1) is 0 Å². The molecule has 2 atom stereocenters. The van der Waals surface area contributed by atoms with E-state index >= 15 is 0 Å². The molecule has 5 nitrogen and oxygen atoms in total. The van der Waals surface area contributed by atoms with Gasteiger partial charge in [0.25, 0.3) is 5.91 Å². The van der Waals surface area contributed by atoms with Gasteiger partial charge in [0, 0.05) is 18.2 Å². The van der Waals surface area contributed by atoms with Crippen molar-refractivity contribution in [3.63, 3.8) is 0 Å². The first-order valence-electron chi connectivity index (χ1n) is 9.13. The van der Waals surface area contributed by atoms with Crippen LogP contribution in [0.3, 0.4) is 0 Å². The molecule has 0 aliphatic carbocycles. The largest absolute Gasteiger partial charge is 0.352 e. The fraction of sp³-hybridized carbons (Fsp3) is 0.333. The van der Waals surface area contributed by atoms with E-state index in [-0.39, 0.29) is 30.3 Å². The summed E-state index contributed by atoms with van der Waals surface area (Å²) in [6.07, 6.45) is 2.28. The summed E-state index contributed by atoms with van der Waals surface area (Å²) in [5.41, 5.74) is 1.51. The van der Waals surface area contributed by atoms with E-state index in [1.54, 1.807) is 12.1 Å². The van der Waals surface area contributed by atoms with Gasteiger partial charge in [-0.2, -0.15) is 0 Å². The van der Waals surface area contributed by atoms with E-state index < -0.39 is 0 Å². The van der Waals surface area contributed by atoms with Crippen molar-refractivity contribution in [2.75, 3.05) is 13.1 Å². The number of amides is 2. The van der Waals surface area contributed by atoms with Crippen molar-refractivity contribution >= 4 is 11.8 Å². The zero-order valence-corrected chi connectivity index (χ0v) is 14.8. The number of nitrogens with one attached hydrogen (secondary N) is 3. The van der Waals surface area contributed by atoms with Crippen molar-refractivity contribution in [1.82, 2.24) is 16.0 Å². The van der Waals surface area contributed by atoms with Gasteiger partial charge < -0.3 is 16.0 Å². The zero-order chi connectivity index (χ0) is 18.2. The number of carbonyl (C=O) groups is 2. The summed E-state index contributed by atoms with van der Waals surface area (Å²) in [4.78, 5) is 25.1. The van der Waals surface area contributed by atoms with Gasteiger partial charge in [-0.05, 0) is 37.1 Å². The van der Waals surface area contributed by atoms with E-state index in [1.807, 2.05) is 48.5 Å². The molecule has 1 unspecified atom stereocenters. The second-order valence-electron chi connectivity index (χ2n) is 6.62. The maximum atomic E-state index is 12.5. The molecule has 5 heteroatoms. The smallest absolute Gasteiger partial charge is 0.251 e. The highest BCUT2D eigenvalue weighted by Gasteiger charge is 2.21. The van der Waals surface area contributed by atoms with Gasteiger partial charge in [0.05, 0.1) is 12.5 Å². The lowest BCUT2D eigenvalue weighted by Crippen LogP contribution is -2.46. The summed E-state index contributed by atoms with van der Waals surface area (Å²) < 4.78 is 0. The summed E-state index contributed by atoms with van der Waals surface area (Å²) >= 11 is 0. The average Bonchev–Trinajstić information content (AvgIpc) is 2.69. The van der Waals surface area contributed by atoms with Gasteiger partial charge in [-0.1, -0.05) is 48.5 Å². The molecule has 1 saturated heterocycles. The maximum absolute atomic E-state index is 12.5. The minimum atomic E-state index is -0.361. The van der Waals surface area contributed by atoms with Gasteiger partial charge in [0.15, 0.2) is 0 Å². The van der Waals surface area contributed by atoms with Crippen LogP contribution in [0.5, 0.6) is 0 Å². The molecule has 0 spiro atoms.